The number of aliphatic carboxylic acids is 1. The number of hydrogen-bond donors (Lipinski definition) is 1. The van der Waals surface area contributed by atoms with Crippen molar-refractivity contribution in [1.29, 1.82) is 0 Å². The fourth-order valence-corrected chi connectivity index (χ4v) is 2.74. The molecule has 1 saturated carbocycles. The summed E-state index contributed by atoms with van der Waals surface area (Å²) >= 11 is 0. The highest BCUT2D eigenvalue weighted by Gasteiger charge is 2.43. The van der Waals surface area contributed by atoms with Crippen LogP contribution in [0.4, 0.5) is 5.69 Å². The third kappa shape index (κ3) is 3.67. The quantitative estimate of drug-likeness (QED) is 0.641. The van der Waals surface area contributed by atoms with Gasteiger partial charge in [-0.1, -0.05) is 12.1 Å². The summed E-state index contributed by atoms with van der Waals surface area (Å²) in [5.41, 5.74) is 0.782. The van der Waals surface area contributed by atoms with Gasteiger partial charge in [0.2, 0.25) is 5.91 Å². The number of amides is 1. The molecule has 1 amide bonds. The van der Waals surface area contributed by atoms with E-state index in [2.05, 4.69) is 0 Å². The van der Waals surface area contributed by atoms with E-state index in [9.17, 15) is 19.7 Å². The minimum Gasteiger partial charge on any atom is -0.481 e. The normalized spacial score (nSPS) is 20.0. The van der Waals surface area contributed by atoms with Crippen molar-refractivity contribution in [2.45, 2.75) is 39.3 Å². The van der Waals surface area contributed by atoms with Gasteiger partial charge in [0, 0.05) is 24.7 Å². The van der Waals surface area contributed by atoms with Crippen LogP contribution in [0.1, 0.15) is 32.3 Å². The second-order valence-electron chi connectivity index (χ2n) is 6.11. The average molecular weight is 320 g/mol. The largest absolute Gasteiger partial charge is 0.481 e. The Labute approximate surface area is 134 Å². The van der Waals surface area contributed by atoms with Gasteiger partial charge in [-0.3, -0.25) is 19.7 Å². The molecule has 7 heteroatoms. The van der Waals surface area contributed by atoms with E-state index in [-0.39, 0.29) is 17.6 Å². The van der Waals surface area contributed by atoms with Crippen LogP contribution in [0.15, 0.2) is 24.3 Å². The van der Waals surface area contributed by atoms with Gasteiger partial charge >= 0.3 is 5.97 Å². The van der Waals surface area contributed by atoms with Crippen molar-refractivity contribution in [3.63, 3.8) is 0 Å². The third-order valence-corrected chi connectivity index (χ3v) is 4.32. The smallest absolute Gasteiger partial charge is 0.307 e. The van der Waals surface area contributed by atoms with Gasteiger partial charge in [0.1, 0.15) is 0 Å². The Bertz CT molecular complexity index is 611. The first-order valence-electron chi connectivity index (χ1n) is 7.58. The number of nitrogens with zero attached hydrogens (tertiary/aromatic N) is 2. The highest BCUT2D eigenvalue weighted by atomic mass is 16.6. The first-order chi connectivity index (χ1) is 10.8. The summed E-state index contributed by atoms with van der Waals surface area (Å²) in [6, 6.07) is 5.98. The van der Waals surface area contributed by atoms with Crippen molar-refractivity contribution >= 4 is 17.6 Å². The molecule has 2 atom stereocenters. The highest BCUT2D eigenvalue weighted by molar-refractivity contribution is 5.86. The Balaban J connectivity index is 2.11. The van der Waals surface area contributed by atoms with Crippen LogP contribution in [0.5, 0.6) is 0 Å². The third-order valence-electron chi connectivity index (χ3n) is 4.32. The van der Waals surface area contributed by atoms with Crippen LogP contribution in [0, 0.1) is 22.0 Å². The van der Waals surface area contributed by atoms with E-state index in [0.717, 1.165) is 5.56 Å². The van der Waals surface area contributed by atoms with Crippen molar-refractivity contribution < 1.29 is 19.6 Å². The number of carboxylic acid groups (broad SMARTS) is 1. The molecule has 124 valence electrons. The van der Waals surface area contributed by atoms with E-state index in [1.165, 1.54) is 12.1 Å². The van der Waals surface area contributed by atoms with Crippen molar-refractivity contribution in [3.05, 3.63) is 39.9 Å². The summed E-state index contributed by atoms with van der Waals surface area (Å²) in [5.74, 6) is -2.14. The molecule has 2 rings (SSSR count). The van der Waals surface area contributed by atoms with Gasteiger partial charge in [0.15, 0.2) is 0 Å². The van der Waals surface area contributed by atoms with E-state index in [0.29, 0.717) is 19.4 Å². The molecule has 0 aliphatic heterocycles. The number of carbonyl (C=O) groups excluding carboxylic acids is 1. The second-order valence-corrected chi connectivity index (χ2v) is 6.11. The predicted octanol–water partition coefficient (Wildman–Crippen LogP) is 2.44. The number of nitro groups is 1. The minimum absolute atomic E-state index is 0.00103. The lowest BCUT2D eigenvalue weighted by atomic mass is 9.72. The maximum absolute atomic E-state index is 12.6. The zero-order chi connectivity index (χ0) is 17.1. The molecule has 1 aromatic rings. The van der Waals surface area contributed by atoms with Gasteiger partial charge in [-0.15, -0.1) is 0 Å². The molecular formula is C16H20N2O5. The first kappa shape index (κ1) is 16.9. The monoisotopic (exact) mass is 320 g/mol. The second kappa shape index (κ2) is 6.76. The van der Waals surface area contributed by atoms with Crippen LogP contribution in [0.25, 0.3) is 0 Å². The van der Waals surface area contributed by atoms with Gasteiger partial charge in [-0.05, 0) is 32.3 Å². The van der Waals surface area contributed by atoms with Gasteiger partial charge in [0.05, 0.1) is 16.8 Å². The number of non-ortho nitro benzene ring substituents is 1. The molecule has 1 aromatic carbocycles. The molecule has 0 aromatic heterocycles. The van der Waals surface area contributed by atoms with Crippen LogP contribution in [-0.4, -0.2) is 32.8 Å². The SMILES string of the molecule is CC(C)N(Cc1ccc([N+](=O)[O-])cc1)C(=O)C1CCC1C(=O)O. The molecule has 0 saturated heterocycles. The molecule has 0 heterocycles. The molecule has 1 aliphatic carbocycles. The van der Waals surface area contributed by atoms with Crippen LogP contribution in [0.2, 0.25) is 0 Å². The van der Waals surface area contributed by atoms with E-state index < -0.39 is 22.7 Å². The minimum atomic E-state index is -0.923. The maximum atomic E-state index is 12.6. The van der Waals surface area contributed by atoms with Gasteiger partial charge in [0.25, 0.3) is 5.69 Å². The van der Waals surface area contributed by atoms with Crippen LogP contribution >= 0.6 is 0 Å². The topological polar surface area (TPSA) is 101 Å². The Morgan fingerprint density at radius 2 is 1.83 bits per heavy atom. The molecule has 1 N–H and O–H groups in total. The van der Waals surface area contributed by atoms with Crippen LogP contribution in [0.3, 0.4) is 0 Å². The zero-order valence-corrected chi connectivity index (χ0v) is 13.1. The molecule has 1 aliphatic rings. The molecule has 0 bridgehead atoms. The van der Waals surface area contributed by atoms with Gasteiger partial charge < -0.3 is 10.0 Å². The Morgan fingerprint density at radius 1 is 1.26 bits per heavy atom. The summed E-state index contributed by atoms with van der Waals surface area (Å²) in [7, 11) is 0. The highest BCUT2D eigenvalue weighted by Crippen LogP contribution is 2.36. The summed E-state index contributed by atoms with van der Waals surface area (Å²) in [4.78, 5) is 35.6. The van der Waals surface area contributed by atoms with Crippen LogP contribution < -0.4 is 0 Å². The number of hydrogen-bond acceptors (Lipinski definition) is 4. The zero-order valence-electron chi connectivity index (χ0n) is 13.1. The Hall–Kier alpha value is -2.44. The molecule has 0 radical (unpaired) electrons. The summed E-state index contributed by atoms with van der Waals surface area (Å²) in [6.07, 6.45) is 1.13. The molecular weight excluding hydrogens is 300 g/mol. The van der Waals surface area contributed by atoms with Gasteiger partial charge in [-0.2, -0.15) is 0 Å². The number of carbonyl (C=O) groups is 2. The maximum Gasteiger partial charge on any atom is 0.307 e. The fourth-order valence-electron chi connectivity index (χ4n) is 2.74. The molecule has 0 spiro atoms. The van der Waals surface area contributed by atoms with Crippen molar-refractivity contribution in [2.75, 3.05) is 0 Å². The number of benzene rings is 1. The predicted molar refractivity (Wildman–Crippen MR) is 82.6 cm³/mol. The number of carboxylic acids is 1. The molecule has 1 fully saturated rings. The lowest BCUT2D eigenvalue weighted by Gasteiger charge is -2.38. The number of nitro benzene ring substituents is 1. The fraction of sp³-hybridized carbons (Fsp3) is 0.500. The summed E-state index contributed by atoms with van der Waals surface area (Å²) in [5, 5.41) is 19.8. The van der Waals surface area contributed by atoms with E-state index in [1.807, 2.05) is 13.8 Å². The summed E-state index contributed by atoms with van der Waals surface area (Å²) in [6.45, 7) is 4.06. The van der Waals surface area contributed by atoms with Crippen molar-refractivity contribution in [3.8, 4) is 0 Å². The molecule has 7 nitrogen and oxygen atoms in total. The molecule has 2 unspecified atom stereocenters. The number of rotatable bonds is 6. The lowest BCUT2D eigenvalue weighted by Crippen LogP contribution is -2.48. The van der Waals surface area contributed by atoms with E-state index >= 15 is 0 Å². The lowest BCUT2D eigenvalue weighted by molar-refractivity contribution is -0.384. The summed E-state index contributed by atoms with van der Waals surface area (Å²) < 4.78 is 0. The van der Waals surface area contributed by atoms with Crippen molar-refractivity contribution in [1.82, 2.24) is 4.90 Å². The Kier molecular flexibility index (Phi) is 4.98. The van der Waals surface area contributed by atoms with Gasteiger partial charge in [-0.25, -0.2) is 0 Å². The van der Waals surface area contributed by atoms with E-state index in [1.54, 1.807) is 17.0 Å². The van der Waals surface area contributed by atoms with Crippen LogP contribution in [-0.2, 0) is 16.1 Å². The average Bonchev–Trinajstić information content (AvgIpc) is 2.42. The van der Waals surface area contributed by atoms with E-state index in [4.69, 9.17) is 5.11 Å². The first-order valence-corrected chi connectivity index (χ1v) is 7.58. The van der Waals surface area contributed by atoms with Crippen molar-refractivity contribution in [2.24, 2.45) is 11.8 Å². The standard InChI is InChI=1S/C16H20N2O5/c1-10(2)17(15(19)13-7-8-14(13)16(20)21)9-11-3-5-12(6-4-11)18(22)23/h3-6,10,13-14H,7-9H2,1-2H3,(H,20,21). The molecule has 23 heavy (non-hydrogen) atoms. The Morgan fingerprint density at radius 3 is 2.22 bits per heavy atom.